The van der Waals surface area contributed by atoms with Crippen LogP contribution in [0.3, 0.4) is 0 Å². The van der Waals surface area contributed by atoms with Crippen LogP contribution in [0.25, 0.3) is 0 Å². The van der Waals surface area contributed by atoms with Crippen LogP contribution < -0.4 is 9.47 Å². The highest BCUT2D eigenvalue weighted by molar-refractivity contribution is 7.99. The monoisotopic (exact) mass is 400 g/mol. The Morgan fingerprint density at radius 1 is 1.18 bits per heavy atom. The van der Waals surface area contributed by atoms with Crippen molar-refractivity contribution in [2.24, 2.45) is 0 Å². The van der Waals surface area contributed by atoms with Crippen molar-refractivity contribution in [1.82, 2.24) is 19.7 Å². The Hall–Kier alpha value is -2.22. The summed E-state index contributed by atoms with van der Waals surface area (Å²) in [6.07, 6.45) is 4.36. The second-order valence-electron chi connectivity index (χ2n) is 7.57. The fourth-order valence-electron chi connectivity index (χ4n) is 4.09. The zero-order valence-electron chi connectivity index (χ0n) is 16.0. The second-order valence-corrected chi connectivity index (χ2v) is 8.51. The SMILES string of the molecule is Cc1nnc(SCC(=O)N2CCCC2c2ccc3c(c2)OCCO3)n1C1CC1. The van der Waals surface area contributed by atoms with Crippen molar-refractivity contribution in [1.29, 1.82) is 0 Å². The number of amides is 1. The molecule has 2 fully saturated rings. The third-order valence-corrected chi connectivity index (χ3v) is 6.52. The van der Waals surface area contributed by atoms with Gasteiger partial charge in [0.1, 0.15) is 19.0 Å². The van der Waals surface area contributed by atoms with E-state index in [9.17, 15) is 4.79 Å². The van der Waals surface area contributed by atoms with Gasteiger partial charge in [-0.1, -0.05) is 17.8 Å². The smallest absolute Gasteiger partial charge is 0.233 e. The van der Waals surface area contributed by atoms with Gasteiger partial charge in [0, 0.05) is 12.6 Å². The molecule has 1 unspecified atom stereocenters. The molecule has 3 aliphatic rings. The van der Waals surface area contributed by atoms with Crippen LogP contribution in [0.1, 0.15) is 49.2 Å². The van der Waals surface area contributed by atoms with Gasteiger partial charge < -0.3 is 18.9 Å². The van der Waals surface area contributed by atoms with Crippen LogP contribution in [0.15, 0.2) is 23.4 Å². The zero-order chi connectivity index (χ0) is 19.1. The molecule has 1 aromatic carbocycles. The molecule has 5 rings (SSSR count). The van der Waals surface area contributed by atoms with E-state index in [1.807, 2.05) is 24.0 Å². The summed E-state index contributed by atoms with van der Waals surface area (Å²) in [6.45, 7) is 3.94. The maximum atomic E-state index is 13.0. The largest absolute Gasteiger partial charge is 0.486 e. The molecular weight excluding hydrogens is 376 g/mol. The number of hydrogen-bond acceptors (Lipinski definition) is 6. The summed E-state index contributed by atoms with van der Waals surface area (Å²) in [6, 6.07) is 6.67. The van der Waals surface area contributed by atoms with Gasteiger partial charge in [-0.3, -0.25) is 4.79 Å². The highest BCUT2D eigenvalue weighted by Gasteiger charge is 2.32. The molecule has 2 aliphatic heterocycles. The Bertz CT molecular complexity index is 896. The normalized spacial score (nSPS) is 21.2. The molecule has 0 radical (unpaired) electrons. The summed E-state index contributed by atoms with van der Waals surface area (Å²) in [7, 11) is 0. The fourth-order valence-corrected chi connectivity index (χ4v) is 5.03. The average molecular weight is 401 g/mol. The molecule has 1 aromatic heterocycles. The van der Waals surface area contributed by atoms with Crippen LogP contribution in [0.2, 0.25) is 0 Å². The van der Waals surface area contributed by atoms with Crippen LogP contribution in [0, 0.1) is 6.92 Å². The number of nitrogens with zero attached hydrogens (tertiary/aromatic N) is 4. The lowest BCUT2D eigenvalue weighted by atomic mass is 10.0. The molecule has 7 nitrogen and oxygen atoms in total. The standard InChI is InChI=1S/C20H24N4O3S/c1-13-21-22-20(24(13)15-5-6-15)28-12-19(25)23-8-2-3-16(23)14-4-7-17-18(11-14)27-10-9-26-17/h4,7,11,15-16H,2-3,5-6,8-10,12H2,1H3. The van der Waals surface area contributed by atoms with Crippen molar-refractivity contribution in [3.8, 4) is 11.5 Å². The van der Waals surface area contributed by atoms with Crippen molar-refractivity contribution >= 4 is 17.7 Å². The first-order valence-electron chi connectivity index (χ1n) is 9.94. The number of ether oxygens (including phenoxy) is 2. The number of rotatable bonds is 5. The predicted molar refractivity (Wildman–Crippen MR) is 105 cm³/mol. The van der Waals surface area contributed by atoms with Gasteiger partial charge in [-0.05, 0) is 50.3 Å². The van der Waals surface area contributed by atoms with Gasteiger partial charge in [0.05, 0.1) is 11.8 Å². The second kappa shape index (κ2) is 7.31. The van der Waals surface area contributed by atoms with Crippen LogP contribution in [-0.4, -0.2) is 51.1 Å². The van der Waals surface area contributed by atoms with Crippen molar-refractivity contribution < 1.29 is 14.3 Å². The topological polar surface area (TPSA) is 69.5 Å². The molecule has 0 N–H and O–H groups in total. The van der Waals surface area contributed by atoms with Gasteiger partial charge in [-0.25, -0.2) is 0 Å². The number of aryl methyl sites for hydroxylation is 1. The Balaban J connectivity index is 1.28. The van der Waals surface area contributed by atoms with Gasteiger partial charge >= 0.3 is 0 Å². The maximum Gasteiger partial charge on any atom is 0.233 e. The van der Waals surface area contributed by atoms with E-state index in [0.29, 0.717) is 25.0 Å². The van der Waals surface area contributed by atoms with E-state index in [1.165, 1.54) is 24.6 Å². The van der Waals surface area contributed by atoms with Crippen LogP contribution in [-0.2, 0) is 4.79 Å². The minimum absolute atomic E-state index is 0.104. The first kappa shape index (κ1) is 17.8. The zero-order valence-corrected chi connectivity index (χ0v) is 16.8. The summed E-state index contributed by atoms with van der Waals surface area (Å²) in [5.74, 6) is 3.06. The average Bonchev–Trinajstić information content (AvgIpc) is 3.30. The third kappa shape index (κ3) is 3.34. The highest BCUT2D eigenvalue weighted by atomic mass is 32.2. The minimum atomic E-state index is 0.104. The van der Waals surface area contributed by atoms with Crippen LogP contribution >= 0.6 is 11.8 Å². The number of benzene rings is 1. The molecule has 3 heterocycles. The minimum Gasteiger partial charge on any atom is -0.486 e. The van der Waals surface area contributed by atoms with E-state index in [1.54, 1.807) is 0 Å². The van der Waals surface area contributed by atoms with E-state index in [4.69, 9.17) is 9.47 Å². The quantitative estimate of drug-likeness (QED) is 0.718. The summed E-state index contributed by atoms with van der Waals surface area (Å²) in [5.41, 5.74) is 1.12. The Kier molecular flexibility index (Phi) is 4.66. The van der Waals surface area contributed by atoms with Gasteiger partial charge in [-0.2, -0.15) is 0 Å². The Labute approximate surface area is 168 Å². The van der Waals surface area contributed by atoms with E-state index in [-0.39, 0.29) is 11.9 Å². The number of carbonyl (C=O) groups is 1. The molecule has 1 aliphatic carbocycles. The van der Waals surface area contributed by atoms with Gasteiger partial charge in [0.2, 0.25) is 5.91 Å². The summed E-state index contributed by atoms with van der Waals surface area (Å²) < 4.78 is 13.5. The number of carbonyl (C=O) groups excluding carboxylic acids is 1. The molecule has 148 valence electrons. The lowest BCUT2D eigenvalue weighted by Crippen LogP contribution is -2.32. The van der Waals surface area contributed by atoms with Crippen LogP contribution in [0.4, 0.5) is 0 Å². The lowest BCUT2D eigenvalue weighted by molar-refractivity contribution is -0.129. The van der Waals surface area contributed by atoms with Gasteiger partial charge in [0.15, 0.2) is 16.7 Å². The highest BCUT2D eigenvalue weighted by Crippen LogP contribution is 2.40. The Morgan fingerprint density at radius 3 is 2.82 bits per heavy atom. The summed E-state index contributed by atoms with van der Waals surface area (Å²) in [5, 5.41) is 9.34. The van der Waals surface area contributed by atoms with E-state index < -0.39 is 0 Å². The molecule has 1 saturated carbocycles. The molecule has 1 saturated heterocycles. The van der Waals surface area contributed by atoms with E-state index in [2.05, 4.69) is 20.8 Å². The first-order valence-corrected chi connectivity index (χ1v) is 10.9. The maximum absolute atomic E-state index is 13.0. The van der Waals surface area contributed by atoms with Crippen molar-refractivity contribution in [2.75, 3.05) is 25.5 Å². The first-order chi connectivity index (χ1) is 13.7. The number of hydrogen-bond donors (Lipinski definition) is 0. The Morgan fingerprint density at radius 2 is 2.00 bits per heavy atom. The van der Waals surface area contributed by atoms with Crippen molar-refractivity contribution in [3.63, 3.8) is 0 Å². The third-order valence-electron chi connectivity index (χ3n) is 5.60. The van der Waals surface area contributed by atoms with E-state index >= 15 is 0 Å². The molecule has 28 heavy (non-hydrogen) atoms. The molecule has 1 amide bonds. The molecule has 8 heteroatoms. The summed E-state index contributed by atoms with van der Waals surface area (Å²) >= 11 is 1.50. The molecule has 0 bridgehead atoms. The van der Waals surface area contributed by atoms with Gasteiger partial charge in [0.25, 0.3) is 0 Å². The lowest BCUT2D eigenvalue weighted by Gasteiger charge is -2.26. The van der Waals surface area contributed by atoms with Crippen molar-refractivity contribution in [3.05, 3.63) is 29.6 Å². The molecule has 2 aromatic rings. The van der Waals surface area contributed by atoms with Gasteiger partial charge in [-0.15, -0.1) is 10.2 Å². The number of fused-ring (bicyclic) bond motifs is 1. The number of aromatic nitrogens is 3. The summed E-state index contributed by atoms with van der Waals surface area (Å²) in [4.78, 5) is 15.0. The van der Waals surface area contributed by atoms with Crippen LogP contribution in [0.5, 0.6) is 11.5 Å². The number of thioether (sulfide) groups is 1. The predicted octanol–water partition coefficient (Wildman–Crippen LogP) is 3.15. The van der Waals surface area contributed by atoms with Crippen molar-refractivity contribution in [2.45, 2.75) is 49.8 Å². The molecular formula is C20H24N4O3S. The molecule has 1 atom stereocenters. The fraction of sp³-hybridized carbons (Fsp3) is 0.550. The molecule has 0 spiro atoms. The van der Waals surface area contributed by atoms with E-state index in [0.717, 1.165) is 47.4 Å². The number of likely N-dealkylation sites (tertiary alicyclic amines) is 1.